The fourth-order valence-corrected chi connectivity index (χ4v) is 1.34. The summed E-state index contributed by atoms with van der Waals surface area (Å²) in [6.45, 7) is 4.90. The van der Waals surface area contributed by atoms with Crippen LogP contribution in [0.2, 0.25) is 0 Å². The third-order valence-electron chi connectivity index (χ3n) is 2.09. The molecule has 0 heterocycles. The lowest BCUT2D eigenvalue weighted by atomic mass is 10.5. The van der Waals surface area contributed by atoms with Gasteiger partial charge in [0.25, 0.3) is 0 Å². The van der Waals surface area contributed by atoms with Crippen molar-refractivity contribution in [1.29, 1.82) is 0 Å². The van der Waals surface area contributed by atoms with Crippen LogP contribution in [0.4, 0.5) is 0 Å². The molecule has 0 aromatic carbocycles. The zero-order valence-corrected chi connectivity index (χ0v) is 8.36. The molecule has 1 fully saturated rings. The van der Waals surface area contributed by atoms with Crippen molar-refractivity contribution >= 4 is 17.3 Å². The van der Waals surface area contributed by atoms with E-state index in [0.717, 1.165) is 25.7 Å². The molecule has 3 nitrogen and oxygen atoms in total. The molecule has 0 saturated heterocycles. The van der Waals surface area contributed by atoms with Gasteiger partial charge in [0.2, 0.25) is 0 Å². The minimum absolute atomic E-state index is 0.509. The first kappa shape index (κ1) is 9.74. The molecule has 0 atom stereocenters. The van der Waals surface area contributed by atoms with Crippen molar-refractivity contribution in [3.05, 3.63) is 0 Å². The highest BCUT2D eigenvalue weighted by atomic mass is 32.1. The summed E-state index contributed by atoms with van der Waals surface area (Å²) in [4.78, 5) is 2.00. The monoisotopic (exact) mass is 187 g/mol. The second kappa shape index (κ2) is 4.62. The molecule has 0 bridgehead atoms. The van der Waals surface area contributed by atoms with Crippen LogP contribution in [0.25, 0.3) is 0 Å². The lowest BCUT2D eigenvalue weighted by Crippen LogP contribution is -2.40. The number of thiocarbonyl (C=S) groups is 1. The highest BCUT2D eigenvalue weighted by molar-refractivity contribution is 7.80. The minimum Gasteiger partial charge on any atom is -0.376 e. The van der Waals surface area contributed by atoms with Crippen LogP contribution in [0.15, 0.2) is 0 Å². The Balaban J connectivity index is 2.05. The highest BCUT2D eigenvalue weighted by Crippen LogP contribution is 2.17. The molecule has 0 aromatic rings. The van der Waals surface area contributed by atoms with Crippen molar-refractivity contribution in [2.45, 2.75) is 25.8 Å². The lowest BCUT2D eigenvalue weighted by Gasteiger charge is -2.20. The van der Waals surface area contributed by atoms with E-state index in [4.69, 9.17) is 18.0 Å². The van der Waals surface area contributed by atoms with E-state index in [1.165, 1.54) is 12.8 Å². The summed E-state index contributed by atoms with van der Waals surface area (Å²) < 4.78 is 0. The number of hydrogen-bond acceptors (Lipinski definition) is 2. The second-order valence-corrected chi connectivity index (χ2v) is 3.56. The van der Waals surface area contributed by atoms with Gasteiger partial charge in [0.1, 0.15) is 0 Å². The standard InChI is InChI=1S/C8H17N3S/c1-2-11(8(9)12)6-5-10-7-3-4-7/h7,10H,2-6H2,1H3,(H2,9,12). The quantitative estimate of drug-likeness (QED) is 0.608. The van der Waals surface area contributed by atoms with Gasteiger partial charge < -0.3 is 16.0 Å². The van der Waals surface area contributed by atoms with Crippen LogP contribution in [0.1, 0.15) is 19.8 Å². The summed E-state index contributed by atoms with van der Waals surface area (Å²) in [6.07, 6.45) is 2.67. The van der Waals surface area contributed by atoms with Crippen molar-refractivity contribution in [3.63, 3.8) is 0 Å². The molecule has 1 rings (SSSR count). The Hall–Kier alpha value is -0.350. The molecular formula is C8H17N3S. The average Bonchev–Trinajstić information content (AvgIpc) is 2.80. The third-order valence-corrected chi connectivity index (χ3v) is 2.34. The molecule has 12 heavy (non-hydrogen) atoms. The van der Waals surface area contributed by atoms with Crippen molar-refractivity contribution in [1.82, 2.24) is 10.2 Å². The van der Waals surface area contributed by atoms with Crippen molar-refractivity contribution in [2.75, 3.05) is 19.6 Å². The Morgan fingerprint density at radius 3 is 2.75 bits per heavy atom. The fraction of sp³-hybridized carbons (Fsp3) is 0.875. The van der Waals surface area contributed by atoms with Crippen LogP contribution in [0.3, 0.4) is 0 Å². The maximum Gasteiger partial charge on any atom is 0.166 e. The molecule has 1 aliphatic carbocycles. The summed E-state index contributed by atoms with van der Waals surface area (Å²) in [5.41, 5.74) is 5.51. The van der Waals surface area contributed by atoms with Gasteiger partial charge in [0.05, 0.1) is 0 Å². The van der Waals surface area contributed by atoms with Gasteiger partial charge in [-0.2, -0.15) is 0 Å². The van der Waals surface area contributed by atoms with Crippen LogP contribution in [-0.2, 0) is 0 Å². The molecule has 70 valence electrons. The highest BCUT2D eigenvalue weighted by Gasteiger charge is 2.19. The first-order valence-electron chi connectivity index (χ1n) is 4.51. The molecular weight excluding hydrogens is 170 g/mol. The van der Waals surface area contributed by atoms with Gasteiger partial charge in [-0.05, 0) is 32.0 Å². The molecule has 1 aliphatic rings. The Morgan fingerprint density at radius 2 is 2.33 bits per heavy atom. The van der Waals surface area contributed by atoms with Crippen molar-refractivity contribution in [2.24, 2.45) is 5.73 Å². The van der Waals surface area contributed by atoms with Gasteiger partial charge in [-0.25, -0.2) is 0 Å². The SMILES string of the molecule is CCN(CCNC1CC1)C(N)=S. The molecule has 0 radical (unpaired) electrons. The zero-order valence-electron chi connectivity index (χ0n) is 7.55. The largest absolute Gasteiger partial charge is 0.376 e. The normalized spacial score (nSPS) is 16.1. The molecule has 4 heteroatoms. The number of likely N-dealkylation sites (N-methyl/N-ethyl adjacent to an activating group) is 1. The predicted octanol–water partition coefficient (Wildman–Crippen LogP) is 0.304. The maximum atomic E-state index is 5.51. The smallest absolute Gasteiger partial charge is 0.166 e. The van der Waals surface area contributed by atoms with Gasteiger partial charge in [-0.3, -0.25) is 0 Å². The molecule has 1 saturated carbocycles. The van der Waals surface area contributed by atoms with E-state index >= 15 is 0 Å². The maximum absolute atomic E-state index is 5.51. The number of rotatable bonds is 5. The van der Waals surface area contributed by atoms with E-state index in [9.17, 15) is 0 Å². The number of nitrogens with two attached hydrogens (primary N) is 1. The number of hydrogen-bond donors (Lipinski definition) is 2. The van der Waals surface area contributed by atoms with Gasteiger partial charge >= 0.3 is 0 Å². The Bertz CT molecular complexity index is 156. The van der Waals surface area contributed by atoms with Crippen molar-refractivity contribution < 1.29 is 0 Å². The average molecular weight is 187 g/mol. The third kappa shape index (κ3) is 3.36. The van der Waals surface area contributed by atoms with E-state index in [-0.39, 0.29) is 0 Å². The van der Waals surface area contributed by atoms with Crippen LogP contribution in [-0.4, -0.2) is 35.7 Å². The topological polar surface area (TPSA) is 41.3 Å². The summed E-state index contributed by atoms with van der Waals surface area (Å²) in [5, 5.41) is 3.93. The Labute approximate surface area is 79.3 Å². The first-order valence-corrected chi connectivity index (χ1v) is 4.92. The predicted molar refractivity (Wildman–Crippen MR) is 55.1 cm³/mol. The van der Waals surface area contributed by atoms with Crippen molar-refractivity contribution in [3.8, 4) is 0 Å². The summed E-state index contributed by atoms with van der Waals surface area (Å²) in [5.74, 6) is 0. The molecule has 0 aliphatic heterocycles. The van der Waals surface area contributed by atoms with Crippen LogP contribution < -0.4 is 11.1 Å². The Kier molecular flexibility index (Phi) is 3.75. The lowest BCUT2D eigenvalue weighted by molar-refractivity contribution is 0.431. The minimum atomic E-state index is 0.509. The van der Waals surface area contributed by atoms with Gasteiger partial charge in [-0.15, -0.1) is 0 Å². The summed E-state index contributed by atoms with van der Waals surface area (Å²) >= 11 is 4.89. The van der Waals surface area contributed by atoms with E-state index in [1.54, 1.807) is 0 Å². The number of nitrogens with one attached hydrogen (secondary N) is 1. The van der Waals surface area contributed by atoms with E-state index in [2.05, 4.69) is 12.2 Å². The summed E-state index contributed by atoms with van der Waals surface area (Å²) in [6, 6.07) is 0.773. The fourth-order valence-electron chi connectivity index (χ4n) is 1.12. The Morgan fingerprint density at radius 1 is 1.67 bits per heavy atom. The molecule has 0 amide bonds. The molecule has 0 unspecified atom stereocenters. The van der Waals surface area contributed by atoms with E-state index in [0.29, 0.717) is 5.11 Å². The summed E-state index contributed by atoms with van der Waals surface area (Å²) in [7, 11) is 0. The zero-order chi connectivity index (χ0) is 8.97. The molecule has 0 aromatic heterocycles. The molecule has 0 spiro atoms. The number of nitrogens with zero attached hydrogens (tertiary/aromatic N) is 1. The van der Waals surface area contributed by atoms with Gasteiger partial charge in [0.15, 0.2) is 5.11 Å². The van der Waals surface area contributed by atoms with Crippen LogP contribution in [0, 0.1) is 0 Å². The first-order chi connectivity index (χ1) is 5.74. The van der Waals surface area contributed by atoms with Crippen LogP contribution in [0.5, 0.6) is 0 Å². The molecule has 3 N–H and O–H groups in total. The van der Waals surface area contributed by atoms with E-state index in [1.807, 2.05) is 4.90 Å². The van der Waals surface area contributed by atoms with Gasteiger partial charge in [-0.1, -0.05) is 0 Å². The van der Waals surface area contributed by atoms with E-state index < -0.39 is 0 Å². The van der Waals surface area contributed by atoms with Gasteiger partial charge in [0, 0.05) is 25.7 Å². The van der Waals surface area contributed by atoms with Crippen LogP contribution >= 0.6 is 12.2 Å². The second-order valence-electron chi connectivity index (χ2n) is 3.15.